The van der Waals surface area contributed by atoms with Crippen LogP contribution in [0.2, 0.25) is 0 Å². The van der Waals surface area contributed by atoms with Gasteiger partial charge in [0.2, 0.25) is 6.79 Å². The van der Waals surface area contributed by atoms with Crippen molar-refractivity contribution in [1.82, 2.24) is 4.90 Å². The van der Waals surface area contributed by atoms with Crippen molar-refractivity contribution < 1.29 is 19.2 Å². The summed E-state index contributed by atoms with van der Waals surface area (Å²) >= 11 is 0. The minimum Gasteiger partial charge on any atom is -0.454 e. The average Bonchev–Trinajstić information content (AvgIpc) is 3.24. The summed E-state index contributed by atoms with van der Waals surface area (Å²) in [7, 11) is 0. The van der Waals surface area contributed by atoms with Crippen LogP contribution in [0, 0.1) is 21.4 Å². The van der Waals surface area contributed by atoms with E-state index in [1.54, 1.807) is 4.90 Å². The van der Waals surface area contributed by atoms with E-state index in [1.165, 1.54) is 18.2 Å². The molecule has 4 rings (SSSR count). The lowest BCUT2D eigenvalue weighted by atomic mass is 10.1. The van der Waals surface area contributed by atoms with Crippen LogP contribution in [0.1, 0.15) is 5.56 Å². The predicted molar refractivity (Wildman–Crippen MR) is 108 cm³/mol. The van der Waals surface area contributed by atoms with Gasteiger partial charge >= 0.3 is 0 Å². The van der Waals surface area contributed by atoms with E-state index in [4.69, 9.17) is 9.47 Å². The van der Waals surface area contributed by atoms with Gasteiger partial charge in [0, 0.05) is 31.9 Å². The first kappa shape index (κ1) is 19.3. The summed E-state index contributed by atoms with van der Waals surface area (Å²) < 4.78 is 10.4. The highest BCUT2D eigenvalue weighted by Crippen LogP contribution is 2.38. The van der Waals surface area contributed by atoms with Crippen LogP contribution in [0.4, 0.5) is 11.4 Å². The van der Waals surface area contributed by atoms with Crippen LogP contribution in [0.15, 0.2) is 48.0 Å². The normalized spacial score (nSPS) is 15.6. The largest absolute Gasteiger partial charge is 0.454 e. The Morgan fingerprint density at radius 1 is 1.10 bits per heavy atom. The number of amides is 1. The third-order valence-corrected chi connectivity index (χ3v) is 5.06. The van der Waals surface area contributed by atoms with Gasteiger partial charge in [-0.15, -0.1) is 0 Å². The van der Waals surface area contributed by atoms with Gasteiger partial charge in [0.15, 0.2) is 11.5 Å². The molecule has 9 heteroatoms. The SMILES string of the molecule is N#C/C(=C\c1cc2c(cc1[N+](=O)[O-])OCO2)C(=O)N1CCN(c2ccccc2)CC1. The Morgan fingerprint density at radius 2 is 1.77 bits per heavy atom. The van der Waals surface area contributed by atoms with E-state index in [9.17, 15) is 20.2 Å². The molecular formula is C21H18N4O5. The smallest absolute Gasteiger partial charge is 0.280 e. The first-order valence-corrected chi connectivity index (χ1v) is 9.36. The van der Waals surface area contributed by atoms with E-state index in [0.717, 1.165) is 5.69 Å². The number of anilines is 1. The molecule has 0 aliphatic carbocycles. The molecule has 1 amide bonds. The molecule has 0 aromatic heterocycles. The van der Waals surface area contributed by atoms with Crippen molar-refractivity contribution in [3.8, 4) is 17.6 Å². The first-order valence-electron chi connectivity index (χ1n) is 9.36. The Hall–Kier alpha value is -4.06. The zero-order valence-corrected chi connectivity index (χ0v) is 16.0. The second kappa shape index (κ2) is 8.13. The molecule has 0 N–H and O–H groups in total. The van der Waals surface area contributed by atoms with Gasteiger partial charge in [-0.3, -0.25) is 14.9 Å². The summed E-state index contributed by atoms with van der Waals surface area (Å²) in [6.45, 7) is 2.15. The third kappa shape index (κ3) is 3.75. The molecular weight excluding hydrogens is 388 g/mol. The standard InChI is InChI=1S/C21H18N4O5/c22-13-16(10-15-11-19-20(30-14-29-19)12-18(15)25(27)28)21(26)24-8-6-23(7-9-24)17-4-2-1-3-5-17/h1-5,10-12H,6-9,14H2/b16-10+. The number of para-hydroxylation sites is 1. The maximum atomic E-state index is 12.9. The number of nitro groups is 1. The minimum absolute atomic E-state index is 0.0324. The topological polar surface area (TPSA) is 109 Å². The van der Waals surface area contributed by atoms with Gasteiger partial charge in [-0.2, -0.15) is 5.26 Å². The zero-order valence-electron chi connectivity index (χ0n) is 16.0. The molecule has 2 aromatic carbocycles. The summed E-state index contributed by atoms with van der Waals surface area (Å²) in [6, 6.07) is 14.4. The second-order valence-corrected chi connectivity index (χ2v) is 6.81. The highest BCUT2D eigenvalue weighted by atomic mass is 16.7. The van der Waals surface area contributed by atoms with E-state index in [-0.39, 0.29) is 29.4 Å². The van der Waals surface area contributed by atoms with Crippen molar-refractivity contribution >= 4 is 23.4 Å². The molecule has 0 spiro atoms. The summed E-state index contributed by atoms with van der Waals surface area (Å²) in [5, 5.41) is 21.0. The van der Waals surface area contributed by atoms with Gasteiger partial charge in [0.1, 0.15) is 11.6 Å². The number of nitriles is 1. The van der Waals surface area contributed by atoms with Crippen LogP contribution in [0.25, 0.3) is 6.08 Å². The quantitative estimate of drug-likeness (QED) is 0.332. The highest BCUT2D eigenvalue weighted by Gasteiger charge is 2.26. The molecule has 0 unspecified atom stereocenters. The fourth-order valence-corrected chi connectivity index (χ4v) is 3.49. The van der Waals surface area contributed by atoms with Crippen LogP contribution in [-0.4, -0.2) is 48.7 Å². The molecule has 152 valence electrons. The van der Waals surface area contributed by atoms with Gasteiger partial charge in [0.25, 0.3) is 11.6 Å². The number of ether oxygens (including phenoxy) is 2. The van der Waals surface area contributed by atoms with Crippen LogP contribution >= 0.6 is 0 Å². The summed E-state index contributed by atoms with van der Waals surface area (Å²) in [6.07, 6.45) is 1.24. The van der Waals surface area contributed by atoms with Crippen molar-refractivity contribution in [1.29, 1.82) is 5.26 Å². The lowest BCUT2D eigenvalue weighted by Crippen LogP contribution is -2.49. The number of benzene rings is 2. The van der Waals surface area contributed by atoms with E-state index in [0.29, 0.717) is 31.9 Å². The average molecular weight is 406 g/mol. The van der Waals surface area contributed by atoms with Crippen molar-refractivity contribution in [3.63, 3.8) is 0 Å². The van der Waals surface area contributed by atoms with Crippen molar-refractivity contribution in [2.45, 2.75) is 0 Å². The van der Waals surface area contributed by atoms with Crippen LogP contribution < -0.4 is 14.4 Å². The summed E-state index contributed by atoms with van der Waals surface area (Å²) in [5.74, 6) is 0.158. The number of nitro benzene ring substituents is 1. The second-order valence-electron chi connectivity index (χ2n) is 6.81. The predicted octanol–water partition coefficient (Wildman–Crippen LogP) is 2.58. The molecule has 30 heavy (non-hydrogen) atoms. The zero-order chi connectivity index (χ0) is 21.1. The Bertz CT molecular complexity index is 1050. The fourth-order valence-electron chi connectivity index (χ4n) is 3.49. The van der Waals surface area contributed by atoms with Gasteiger partial charge in [-0.25, -0.2) is 0 Å². The molecule has 1 fully saturated rings. The number of hydrogen-bond acceptors (Lipinski definition) is 7. The maximum absolute atomic E-state index is 12.9. The molecule has 2 aromatic rings. The lowest BCUT2D eigenvalue weighted by molar-refractivity contribution is -0.385. The molecule has 2 aliphatic heterocycles. The molecule has 2 heterocycles. The monoisotopic (exact) mass is 406 g/mol. The Morgan fingerprint density at radius 3 is 2.40 bits per heavy atom. The van der Waals surface area contributed by atoms with Crippen LogP contribution in [0.5, 0.6) is 11.5 Å². The Labute approximate surface area is 172 Å². The number of rotatable bonds is 4. The van der Waals surface area contributed by atoms with E-state index in [2.05, 4.69) is 4.90 Å². The van der Waals surface area contributed by atoms with Gasteiger partial charge in [-0.05, 0) is 24.3 Å². The molecule has 9 nitrogen and oxygen atoms in total. The minimum atomic E-state index is -0.577. The third-order valence-electron chi connectivity index (χ3n) is 5.06. The molecule has 0 radical (unpaired) electrons. The van der Waals surface area contributed by atoms with Crippen molar-refractivity contribution in [2.75, 3.05) is 37.9 Å². The van der Waals surface area contributed by atoms with Gasteiger partial charge in [-0.1, -0.05) is 18.2 Å². The van der Waals surface area contributed by atoms with Crippen molar-refractivity contribution in [3.05, 3.63) is 63.7 Å². The Kier molecular flexibility index (Phi) is 5.22. The van der Waals surface area contributed by atoms with Crippen LogP contribution in [0.3, 0.4) is 0 Å². The number of nitrogens with zero attached hydrogens (tertiary/aromatic N) is 4. The molecule has 0 atom stereocenters. The molecule has 2 aliphatic rings. The van der Waals surface area contributed by atoms with E-state index >= 15 is 0 Å². The molecule has 0 bridgehead atoms. The number of piperazine rings is 1. The van der Waals surface area contributed by atoms with Gasteiger partial charge < -0.3 is 19.3 Å². The number of carbonyl (C=O) groups excluding carboxylic acids is 1. The summed E-state index contributed by atoms with van der Waals surface area (Å²) in [4.78, 5) is 27.5. The van der Waals surface area contributed by atoms with Gasteiger partial charge in [0.05, 0.1) is 16.6 Å². The van der Waals surface area contributed by atoms with Crippen molar-refractivity contribution in [2.24, 2.45) is 0 Å². The lowest BCUT2D eigenvalue weighted by Gasteiger charge is -2.36. The number of hydrogen-bond donors (Lipinski definition) is 0. The fraction of sp³-hybridized carbons (Fsp3) is 0.238. The Balaban J connectivity index is 1.53. The van der Waals surface area contributed by atoms with E-state index in [1.807, 2.05) is 36.4 Å². The molecule has 0 saturated carbocycles. The highest BCUT2D eigenvalue weighted by molar-refractivity contribution is 6.02. The number of fused-ring (bicyclic) bond motifs is 1. The first-order chi connectivity index (χ1) is 14.6. The van der Waals surface area contributed by atoms with E-state index < -0.39 is 10.8 Å². The maximum Gasteiger partial charge on any atom is 0.280 e. The molecule has 1 saturated heterocycles. The number of carbonyl (C=O) groups is 1. The summed E-state index contributed by atoms with van der Waals surface area (Å²) in [5.41, 5.74) is 0.785. The van der Waals surface area contributed by atoms with Crippen LogP contribution in [-0.2, 0) is 4.79 Å².